The van der Waals surface area contributed by atoms with Gasteiger partial charge in [0.15, 0.2) is 6.61 Å². The Hall–Kier alpha value is -2.28. The largest absolute Gasteiger partial charge is 0.482 e. The molecule has 0 heterocycles. The number of nitrogens with one attached hydrogen (secondary N) is 2. The summed E-state index contributed by atoms with van der Waals surface area (Å²) in [6, 6.07) is 9.85. The number of halogens is 3. The molecule has 2 aromatic carbocycles. The number of benzene rings is 2. The Morgan fingerprint density at radius 3 is 2.39 bits per heavy atom. The molecular weight excluding hydrogens is 425 g/mol. The first-order chi connectivity index (χ1) is 13.2. The van der Waals surface area contributed by atoms with E-state index in [0.717, 1.165) is 5.56 Å². The monoisotopic (exact) mass is 441 g/mol. The van der Waals surface area contributed by atoms with Crippen molar-refractivity contribution < 1.29 is 14.3 Å². The minimum absolute atomic E-state index is 0.0201. The van der Waals surface area contributed by atoms with E-state index < -0.39 is 5.91 Å². The number of amides is 2. The maximum Gasteiger partial charge on any atom is 0.277 e. The van der Waals surface area contributed by atoms with Gasteiger partial charge >= 0.3 is 0 Å². The van der Waals surface area contributed by atoms with Crippen LogP contribution < -0.4 is 15.5 Å². The zero-order valence-corrected chi connectivity index (χ0v) is 17.5. The zero-order valence-electron chi connectivity index (χ0n) is 15.2. The van der Waals surface area contributed by atoms with Crippen LogP contribution in [0.4, 0.5) is 5.69 Å². The quantitative estimate of drug-likeness (QED) is 0.475. The van der Waals surface area contributed by atoms with Crippen LogP contribution >= 0.6 is 34.8 Å². The highest BCUT2D eigenvalue weighted by molar-refractivity contribution is 6.35. The molecule has 2 rings (SSSR count). The summed E-state index contributed by atoms with van der Waals surface area (Å²) in [4.78, 5) is 23.9. The van der Waals surface area contributed by atoms with E-state index in [1.807, 2.05) is 6.92 Å². The van der Waals surface area contributed by atoms with Gasteiger partial charge in [-0.15, -0.1) is 0 Å². The molecule has 6 nitrogen and oxygen atoms in total. The van der Waals surface area contributed by atoms with Crippen molar-refractivity contribution >= 4 is 58.0 Å². The summed E-state index contributed by atoms with van der Waals surface area (Å²) >= 11 is 17.7. The number of hydrogen-bond acceptors (Lipinski definition) is 4. The Bertz CT molecular complexity index is 917. The highest BCUT2D eigenvalue weighted by Gasteiger charge is 2.09. The molecule has 0 aliphatic heterocycles. The van der Waals surface area contributed by atoms with Crippen molar-refractivity contribution in [3.05, 3.63) is 57.0 Å². The van der Waals surface area contributed by atoms with Crippen LogP contribution in [0.5, 0.6) is 5.75 Å². The Morgan fingerprint density at radius 2 is 1.71 bits per heavy atom. The Balaban J connectivity index is 1.80. The van der Waals surface area contributed by atoms with E-state index in [-0.39, 0.29) is 18.9 Å². The molecule has 2 amide bonds. The summed E-state index contributed by atoms with van der Waals surface area (Å²) in [5.41, 5.74) is 4.28. The van der Waals surface area contributed by atoms with Crippen molar-refractivity contribution in [3.63, 3.8) is 0 Å². The highest BCUT2D eigenvalue weighted by atomic mass is 35.5. The van der Waals surface area contributed by atoms with Crippen molar-refractivity contribution in [3.8, 4) is 5.75 Å². The molecule has 0 saturated carbocycles. The highest BCUT2D eigenvalue weighted by Crippen LogP contribution is 2.27. The first-order valence-corrected chi connectivity index (χ1v) is 9.34. The number of carbonyl (C=O) groups is 2. The van der Waals surface area contributed by atoms with Gasteiger partial charge in [-0.05, 0) is 55.8 Å². The SMILES string of the molecule is C/C(CC(=O)Nc1ccc(Cl)cc1C)=N/NC(=O)COc1ccc(Cl)cc1Cl. The average Bonchev–Trinajstić information content (AvgIpc) is 2.61. The molecule has 0 aliphatic carbocycles. The fourth-order valence-electron chi connectivity index (χ4n) is 2.16. The van der Waals surface area contributed by atoms with Gasteiger partial charge in [-0.25, -0.2) is 5.43 Å². The minimum Gasteiger partial charge on any atom is -0.482 e. The van der Waals surface area contributed by atoms with Gasteiger partial charge < -0.3 is 10.1 Å². The predicted octanol–water partition coefficient (Wildman–Crippen LogP) is 4.85. The number of aryl methyl sites for hydroxylation is 1. The molecule has 148 valence electrons. The van der Waals surface area contributed by atoms with Crippen molar-refractivity contribution in [1.29, 1.82) is 0 Å². The second kappa shape index (κ2) is 10.3. The normalized spacial score (nSPS) is 11.1. The molecule has 28 heavy (non-hydrogen) atoms. The topological polar surface area (TPSA) is 79.8 Å². The Morgan fingerprint density at radius 1 is 1.04 bits per heavy atom. The maximum absolute atomic E-state index is 12.1. The second-order valence-electron chi connectivity index (χ2n) is 5.93. The molecular formula is C19H18Cl3N3O3. The first kappa shape index (κ1) is 22.0. The summed E-state index contributed by atoms with van der Waals surface area (Å²) in [5, 5.41) is 8.03. The summed E-state index contributed by atoms with van der Waals surface area (Å²) in [7, 11) is 0. The third kappa shape index (κ3) is 7.03. The number of rotatable bonds is 7. The molecule has 0 fully saturated rings. The smallest absolute Gasteiger partial charge is 0.277 e. The fourth-order valence-corrected chi connectivity index (χ4v) is 2.85. The van der Waals surface area contributed by atoms with Crippen molar-refractivity contribution in [2.75, 3.05) is 11.9 Å². The molecule has 0 bridgehead atoms. The number of hydrazone groups is 1. The van der Waals surface area contributed by atoms with Crippen LogP contribution in [-0.2, 0) is 9.59 Å². The third-order valence-corrected chi connectivity index (χ3v) is 4.27. The number of carbonyl (C=O) groups excluding carboxylic acids is 2. The second-order valence-corrected chi connectivity index (χ2v) is 7.21. The number of anilines is 1. The van der Waals surface area contributed by atoms with Crippen LogP contribution in [0, 0.1) is 6.92 Å². The van der Waals surface area contributed by atoms with E-state index in [4.69, 9.17) is 39.5 Å². The first-order valence-electron chi connectivity index (χ1n) is 8.20. The summed E-state index contributed by atoms with van der Waals surface area (Å²) in [6.45, 7) is 3.19. The van der Waals surface area contributed by atoms with Crippen LogP contribution in [0.1, 0.15) is 18.9 Å². The lowest BCUT2D eigenvalue weighted by Gasteiger charge is -2.09. The molecule has 0 saturated heterocycles. The minimum atomic E-state index is -0.487. The van der Waals surface area contributed by atoms with Crippen molar-refractivity contribution in [2.45, 2.75) is 20.3 Å². The molecule has 0 atom stereocenters. The van der Waals surface area contributed by atoms with Gasteiger partial charge in [0, 0.05) is 21.4 Å². The van der Waals surface area contributed by atoms with Crippen LogP contribution in [-0.4, -0.2) is 24.1 Å². The molecule has 0 aliphatic rings. The van der Waals surface area contributed by atoms with Gasteiger partial charge in [0.2, 0.25) is 5.91 Å². The number of hydrogen-bond donors (Lipinski definition) is 2. The lowest BCUT2D eigenvalue weighted by Crippen LogP contribution is -2.26. The molecule has 9 heteroatoms. The molecule has 0 spiro atoms. The van der Waals surface area contributed by atoms with E-state index in [0.29, 0.717) is 32.2 Å². The number of nitrogens with zero attached hydrogens (tertiary/aromatic N) is 1. The lowest BCUT2D eigenvalue weighted by molar-refractivity contribution is -0.123. The number of ether oxygens (including phenoxy) is 1. The maximum atomic E-state index is 12.1. The van der Waals surface area contributed by atoms with Gasteiger partial charge in [-0.3, -0.25) is 9.59 Å². The van der Waals surface area contributed by atoms with Crippen molar-refractivity contribution in [2.24, 2.45) is 5.10 Å². The van der Waals surface area contributed by atoms with Gasteiger partial charge in [-0.2, -0.15) is 5.10 Å². The van der Waals surface area contributed by atoms with E-state index in [1.54, 1.807) is 37.3 Å². The van der Waals surface area contributed by atoms with E-state index >= 15 is 0 Å². The van der Waals surface area contributed by atoms with Gasteiger partial charge in [0.05, 0.1) is 11.4 Å². The van der Waals surface area contributed by atoms with Gasteiger partial charge in [0.1, 0.15) is 5.75 Å². The summed E-state index contributed by atoms with van der Waals surface area (Å²) in [5.74, 6) is -0.413. The van der Waals surface area contributed by atoms with E-state index in [2.05, 4.69) is 15.8 Å². The summed E-state index contributed by atoms with van der Waals surface area (Å²) in [6.07, 6.45) is 0.0201. The van der Waals surface area contributed by atoms with Gasteiger partial charge in [0.25, 0.3) is 5.91 Å². The van der Waals surface area contributed by atoms with Gasteiger partial charge in [-0.1, -0.05) is 34.8 Å². The van der Waals surface area contributed by atoms with Crippen LogP contribution in [0.25, 0.3) is 0 Å². The third-order valence-electron chi connectivity index (χ3n) is 3.50. The molecule has 2 N–H and O–H groups in total. The molecule has 2 aromatic rings. The van der Waals surface area contributed by atoms with Crippen LogP contribution in [0.3, 0.4) is 0 Å². The molecule has 0 aromatic heterocycles. The average molecular weight is 443 g/mol. The molecule has 0 unspecified atom stereocenters. The van der Waals surface area contributed by atoms with E-state index in [1.165, 1.54) is 6.07 Å². The van der Waals surface area contributed by atoms with Crippen LogP contribution in [0.15, 0.2) is 41.5 Å². The predicted molar refractivity (Wildman–Crippen MR) is 113 cm³/mol. The lowest BCUT2D eigenvalue weighted by atomic mass is 10.2. The van der Waals surface area contributed by atoms with Crippen molar-refractivity contribution in [1.82, 2.24) is 5.43 Å². The molecule has 0 radical (unpaired) electrons. The van der Waals surface area contributed by atoms with Crippen LogP contribution in [0.2, 0.25) is 15.1 Å². The summed E-state index contributed by atoms with van der Waals surface area (Å²) < 4.78 is 5.31. The van der Waals surface area contributed by atoms with E-state index in [9.17, 15) is 9.59 Å². The Kier molecular flexibility index (Phi) is 8.11. The Labute approximate surface area is 177 Å². The zero-order chi connectivity index (χ0) is 20.7. The fraction of sp³-hybridized carbons (Fsp3) is 0.211. The standard InChI is InChI=1S/C19H18Cl3N3O3/c1-11-7-13(20)3-5-16(11)23-18(26)8-12(2)24-25-19(27)10-28-17-6-4-14(21)9-15(17)22/h3-7,9H,8,10H2,1-2H3,(H,23,26)(H,25,27)/b24-12-.